The SMILES string of the molecule is C/C=C/C[C]=Nc1c(C)cccc1C. The van der Waals surface area contributed by atoms with E-state index in [9.17, 15) is 0 Å². The van der Waals surface area contributed by atoms with Crippen molar-refractivity contribution in [1.29, 1.82) is 0 Å². The number of allylic oxidation sites excluding steroid dienone is 2. The molecule has 0 N–H and O–H groups in total. The van der Waals surface area contributed by atoms with Gasteiger partial charge < -0.3 is 0 Å². The summed E-state index contributed by atoms with van der Waals surface area (Å²) in [6.07, 6.45) is 7.85. The van der Waals surface area contributed by atoms with Gasteiger partial charge in [-0.2, -0.15) is 0 Å². The van der Waals surface area contributed by atoms with Crippen LogP contribution in [0.15, 0.2) is 35.3 Å². The Labute approximate surface area is 86.2 Å². The lowest BCUT2D eigenvalue weighted by Crippen LogP contribution is -1.80. The lowest BCUT2D eigenvalue weighted by molar-refractivity contribution is 1.32. The molecule has 0 unspecified atom stereocenters. The molecule has 1 rings (SSSR count). The van der Waals surface area contributed by atoms with Crippen molar-refractivity contribution in [1.82, 2.24) is 0 Å². The van der Waals surface area contributed by atoms with Gasteiger partial charge in [-0.05, 0) is 31.9 Å². The third-order valence-electron chi connectivity index (χ3n) is 2.08. The minimum absolute atomic E-state index is 0.782. The van der Waals surface area contributed by atoms with Crippen molar-refractivity contribution < 1.29 is 0 Å². The normalized spacial score (nSPS) is 11.6. The van der Waals surface area contributed by atoms with Gasteiger partial charge in [0.2, 0.25) is 0 Å². The second-order valence-corrected chi connectivity index (χ2v) is 3.28. The Bertz CT molecular complexity index is 328. The van der Waals surface area contributed by atoms with Crippen molar-refractivity contribution in [3.8, 4) is 0 Å². The number of benzene rings is 1. The average Bonchev–Trinajstić information content (AvgIpc) is 2.16. The third kappa shape index (κ3) is 2.84. The van der Waals surface area contributed by atoms with Crippen LogP contribution < -0.4 is 0 Å². The van der Waals surface area contributed by atoms with E-state index in [1.807, 2.05) is 19.1 Å². The number of nitrogens with zero attached hydrogens (tertiary/aromatic N) is 1. The van der Waals surface area contributed by atoms with Crippen LogP contribution in [-0.4, -0.2) is 6.21 Å². The van der Waals surface area contributed by atoms with E-state index in [-0.39, 0.29) is 0 Å². The molecule has 0 aliphatic heterocycles. The van der Waals surface area contributed by atoms with E-state index < -0.39 is 0 Å². The fraction of sp³-hybridized carbons (Fsp3) is 0.308. The molecule has 1 radical (unpaired) electrons. The van der Waals surface area contributed by atoms with Crippen LogP contribution in [0.5, 0.6) is 0 Å². The van der Waals surface area contributed by atoms with Gasteiger partial charge in [0.25, 0.3) is 0 Å². The van der Waals surface area contributed by atoms with Crippen LogP contribution in [0.25, 0.3) is 0 Å². The van der Waals surface area contributed by atoms with Gasteiger partial charge >= 0.3 is 0 Å². The fourth-order valence-corrected chi connectivity index (χ4v) is 1.28. The lowest BCUT2D eigenvalue weighted by Gasteiger charge is -2.02. The molecule has 1 aromatic rings. The Morgan fingerprint density at radius 2 is 1.93 bits per heavy atom. The standard InChI is InChI=1S/C13H16N/c1-4-5-6-10-14-13-11(2)8-7-9-12(13)3/h4-5,7-9H,6H2,1-3H3/b5-4+,14-10?. The highest BCUT2D eigenvalue weighted by atomic mass is 14.7. The molecule has 1 aromatic carbocycles. The van der Waals surface area contributed by atoms with E-state index in [0.29, 0.717) is 0 Å². The van der Waals surface area contributed by atoms with Gasteiger partial charge in [-0.1, -0.05) is 30.4 Å². The second-order valence-electron chi connectivity index (χ2n) is 3.28. The Kier molecular flexibility index (Phi) is 4.11. The number of hydrogen-bond donors (Lipinski definition) is 0. The van der Waals surface area contributed by atoms with Crippen molar-refractivity contribution in [2.24, 2.45) is 4.99 Å². The number of aliphatic imine (C=N–C) groups is 1. The third-order valence-corrected chi connectivity index (χ3v) is 2.08. The van der Waals surface area contributed by atoms with Gasteiger partial charge in [0.05, 0.1) is 11.9 Å². The van der Waals surface area contributed by atoms with E-state index in [1.165, 1.54) is 11.1 Å². The summed E-state index contributed by atoms with van der Waals surface area (Å²) in [5.74, 6) is 0. The predicted octanol–water partition coefficient (Wildman–Crippen LogP) is 3.85. The molecule has 1 heteroatoms. The van der Waals surface area contributed by atoms with Gasteiger partial charge in [-0.25, -0.2) is 0 Å². The lowest BCUT2D eigenvalue weighted by atomic mass is 10.1. The molecule has 0 heterocycles. The summed E-state index contributed by atoms with van der Waals surface area (Å²) in [5.41, 5.74) is 3.47. The zero-order valence-corrected chi connectivity index (χ0v) is 9.04. The molecule has 0 amide bonds. The molecule has 0 atom stereocenters. The molecule has 0 aliphatic rings. The maximum Gasteiger partial charge on any atom is 0.0692 e. The van der Waals surface area contributed by atoms with Gasteiger partial charge in [0.1, 0.15) is 0 Å². The van der Waals surface area contributed by atoms with Crippen LogP contribution in [0.2, 0.25) is 0 Å². The van der Waals surface area contributed by atoms with Crippen molar-refractivity contribution in [3.63, 3.8) is 0 Å². The summed E-state index contributed by atoms with van der Waals surface area (Å²) < 4.78 is 0. The molecule has 0 saturated carbocycles. The van der Waals surface area contributed by atoms with Crippen molar-refractivity contribution in [3.05, 3.63) is 41.5 Å². The molecule has 14 heavy (non-hydrogen) atoms. The van der Waals surface area contributed by atoms with Gasteiger partial charge in [0.15, 0.2) is 0 Å². The van der Waals surface area contributed by atoms with E-state index in [0.717, 1.165) is 12.1 Å². The van der Waals surface area contributed by atoms with Crippen molar-refractivity contribution in [2.75, 3.05) is 0 Å². The van der Waals surface area contributed by atoms with Gasteiger partial charge in [0, 0.05) is 6.42 Å². The van der Waals surface area contributed by atoms with E-state index >= 15 is 0 Å². The van der Waals surface area contributed by atoms with Crippen LogP contribution in [-0.2, 0) is 0 Å². The Balaban J connectivity index is 2.80. The van der Waals surface area contributed by atoms with E-state index in [1.54, 1.807) is 0 Å². The number of para-hydroxylation sites is 1. The predicted molar refractivity (Wildman–Crippen MR) is 62.4 cm³/mol. The Morgan fingerprint density at radius 1 is 1.29 bits per heavy atom. The molecule has 0 saturated heterocycles. The molecule has 0 aliphatic carbocycles. The molecule has 0 fully saturated rings. The topological polar surface area (TPSA) is 12.4 Å². The number of hydrogen-bond acceptors (Lipinski definition) is 1. The van der Waals surface area contributed by atoms with E-state index in [2.05, 4.69) is 43.3 Å². The monoisotopic (exact) mass is 186 g/mol. The van der Waals surface area contributed by atoms with Crippen molar-refractivity contribution >= 4 is 11.9 Å². The molecular weight excluding hydrogens is 170 g/mol. The minimum atomic E-state index is 0.782. The Morgan fingerprint density at radius 3 is 2.50 bits per heavy atom. The maximum atomic E-state index is 4.34. The molecular formula is C13H16N. The minimum Gasteiger partial charge on any atom is -0.251 e. The molecule has 1 nitrogen and oxygen atoms in total. The zero-order chi connectivity index (χ0) is 10.4. The van der Waals surface area contributed by atoms with E-state index in [4.69, 9.17) is 0 Å². The molecule has 0 aromatic heterocycles. The number of rotatable bonds is 3. The first-order valence-corrected chi connectivity index (χ1v) is 4.86. The average molecular weight is 186 g/mol. The molecule has 0 bridgehead atoms. The second kappa shape index (κ2) is 5.38. The highest BCUT2D eigenvalue weighted by Crippen LogP contribution is 2.22. The summed E-state index contributed by atoms with van der Waals surface area (Å²) in [5, 5.41) is 0. The molecule has 73 valence electrons. The fourth-order valence-electron chi connectivity index (χ4n) is 1.28. The summed E-state index contributed by atoms with van der Waals surface area (Å²) in [4.78, 5) is 4.34. The highest BCUT2D eigenvalue weighted by molar-refractivity contribution is 5.67. The number of aryl methyl sites for hydroxylation is 2. The quantitative estimate of drug-likeness (QED) is 0.502. The van der Waals surface area contributed by atoms with Crippen molar-refractivity contribution in [2.45, 2.75) is 27.2 Å². The Hall–Kier alpha value is -1.37. The van der Waals surface area contributed by atoms with Crippen LogP contribution in [0.4, 0.5) is 5.69 Å². The van der Waals surface area contributed by atoms with Gasteiger partial charge in [-0.3, -0.25) is 4.99 Å². The van der Waals surface area contributed by atoms with Crippen LogP contribution in [0.1, 0.15) is 24.5 Å². The largest absolute Gasteiger partial charge is 0.251 e. The first-order chi connectivity index (χ1) is 6.75. The van der Waals surface area contributed by atoms with Crippen LogP contribution in [0, 0.1) is 13.8 Å². The summed E-state index contributed by atoms with van der Waals surface area (Å²) in [7, 11) is 0. The maximum absolute atomic E-state index is 4.34. The van der Waals surface area contributed by atoms with Gasteiger partial charge in [-0.15, -0.1) is 0 Å². The first-order valence-electron chi connectivity index (χ1n) is 4.86. The highest BCUT2D eigenvalue weighted by Gasteiger charge is 1.97. The van der Waals surface area contributed by atoms with Crippen LogP contribution in [0.3, 0.4) is 0 Å². The summed E-state index contributed by atoms with van der Waals surface area (Å²) in [6.45, 7) is 6.15. The summed E-state index contributed by atoms with van der Waals surface area (Å²) in [6, 6.07) is 6.20. The zero-order valence-electron chi connectivity index (χ0n) is 9.04. The summed E-state index contributed by atoms with van der Waals surface area (Å²) >= 11 is 0. The first kappa shape index (κ1) is 10.7. The smallest absolute Gasteiger partial charge is 0.0692 e. The molecule has 0 spiro atoms. The van der Waals surface area contributed by atoms with Crippen LogP contribution >= 0.6 is 0 Å².